The molecule has 1 N–H and O–H groups in total. The Bertz CT molecular complexity index is 303. The second-order valence-corrected chi connectivity index (χ2v) is 6.93. The Morgan fingerprint density at radius 1 is 1.35 bits per heavy atom. The minimum Gasteiger partial charge on any atom is -0.459 e. The first kappa shape index (κ1) is 14.5. The predicted octanol–water partition coefficient (Wildman–Crippen LogP) is 1.73. The molecule has 0 saturated carbocycles. The van der Waals surface area contributed by atoms with Gasteiger partial charge in [0.2, 0.25) is 0 Å². The number of esters is 1. The smallest absolute Gasteiger partial charge is 0.324 e. The highest BCUT2D eigenvalue weighted by Gasteiger charge is 2.44. The average molecular weight is 259 g/mol. The minimum absolute atomic E-state index is 0.0421. The van der Waals surface area contributed by atoms with E-state index in [1.54, 1.807) is 0 Å². The summed E-state index contributed by atoms with van der Waals surface area (Å²) in [5.74, 6) is -0.280. The molecule has 0 amide bonds. The summed E-state index contributed by atoms with van der Waals surface area (Å²) in [6.45, 7) is 8.41. The van der Waals surface area contributed by atoms with Gasteiger partial charge in [-0.05, 0) is 40.2 Å². The number of rotatable bonds is 2. The summed E-state index contributed by atoms with van der Waals surface area (Å²) in [4.78, 5) is 23.6. The Morgan fingerprint density at radius 3 is 2.41 bits per heavy atom. The normalized spacial score (nSPS) is 25.4. The number of piperidine rings is 1. The van der Waals surface area contributed by atoms with E-state index in [0.717, 1.165) is 24.7 Å². The lowest BCUT2D eigenvalue weighted by atomic mass is 9.98. The second-order valence-electron chi connectivity index (χ2n) is 5.37. The molecule has 1 atom stereocenters. The number of carbonyl (C=O) groups excluding carboxylic acids is 2. The van der Waals surface area contributed by atoms with E-state index in [0.29, 0.717) is 13.0 Å². The molecule has 1 unspecified atom stereocenters. The number of nitrogens with one attached hydrogen (secondary N) is 1. The van der Waals surface area contributed by atoms with Crippen LogP contribution in [0.15, 0.2) is 0 Å². The molecule has 0 aliphatic carbocycles. The minimum atomic E-state index is -0.739. The lowest BCUT2D eigenvalue weighted by Crippen LogP contribution is -2.51. The van der Waals surface area contributed by atoms with Crippen molar-refractivity contribution >= 4 is 22.8 Å². The predicted molar refractivity (Wildman–Crippen MR) is 69.0 cm³/mol. The van der Waals surface area contributed by atoms with Gasteiger partial charge in [0.15, 0.2) is 5.12 Å². The van der Waals surface area contributed by atoms with Crippen molar-refractivity contribution in [1.29, 1.82) is 0 Å². The fourth-order valence-electron chi connectivity index (χ4n) is 1.83. The Hall–Kier alpha value is -0.550. The van der Waals surface area contributed by atoms with Gasteiger partial charge in [0.1, 0.15) is 10.3 Å². The zero-order valence-electron chi connectivity index (χ0n) is 11.0. The molecule has 0 aromatic heterocycles. The highest BCUT2D eigenvalue weighted by Crippen LogP contribution is 2.35. The Balaban J connectivity index is 2.81. The Labute approximate surface area is 107 Å². The summed E-state index contributed by atoms with van der Waals surface area (Å²) in [6, 6.07) is 0. The van der Waals surface area contributed by atoms with E-state index in [-0.39, 0.29) is 11.1 Å². The van der Waals surface area contributed by atoms with Gasteiger partial charge in [-0.2, -0.15) is 0 Å². The van der Waals surface area contributed by atoms with Gasteiger partial charge in [-0.3, -0.25) is 9.59 Å². The maximum absolute atomic E-state index is 12.2. The first-order valence-electron chi connectivity index (χ1n) is 5.89. The van der Waals surface area contributed by atoms with Crippen LogP contribution in [-0.4, -0.2) is 34.5 Å². The van der Waals surface area contributed by atoms with Crippen molar-refractivity contribution in [2.24, 2.45) is 0 Å². The SMILES string of the molecule is CC(=O)SC1(C(=O)OC(C)(C)C)CCCNC1. The zero-order valence-corrected chi connectivity index (χ0v) is 11.8. The summed E-state index contributed by atoms with van der Waals surface area (Å²) < 4.78 is 4.69. The van der Waals surface area contributed by atoms with Crippen LogP contribution in [-0.2, 0) is 14.3 Å². The summed E-state index contributed by atoms with van der Waals surface area (Å²) in [5, 5.41) is 3.13. The van der Waals surface area contributed by atoms with Crippen molar-refractivity contribution in [2.45, 2.75) is 50.9 Å². The summed E-state index contributed by atoms with van der Waals surface area (Å²) in [7, 11) is 0. The molecular weight excluding hydrogens is 238 g/mol. The molecule has 0 aromatic rings. The van der Waals surface area contributed by atoms with Crippen molar-refractivity contribution in [2.75, 3.05) is 13.1 Å². The highest BCUT2D eigenvalue weighted by molar-refractivity contribution is 8.15. The molecule has 1 aliphatic heterocycles. The van der Waals surface area contributed by atoms with Crippen molar-refractivity contribution in [3.05, 3.63) is 0 Å². The molecule has 1 aliphatic rings. The lowest BCUT2D eigenvalue weighted by molar-refractivity contribution is -0.158. The molecule has 1 rings (SSSR count). The monoisotopic (exact) mass is 259 g/mol. The van der Waals surface area contributed by atoms with Gasteiger partial charge in [-0.1, -0.05) is 11.8 Å². The van der Waals surface area contributed by atoms with Crippen LogP contribution in [0.25, 0.3) is 0 Å². The van der Waals surface area contributed by atoms with Gasteiger partial charge in [-0.15, -0.1) is 0 Å². The van der Waals surface area contributed by atoms with Crippen LogP contribution in [0.2, 0.25) is 0 Å². The molecule has 0 bridgehead atoms. The molecule has 17 heavy (non-hydrogen) atoms. The van der Waals surface area contributed by atoms with Crippen LogP contribution in [0, 0.1) is 0 Å². The quantitative estimate of drug-likeness (QED) is 0.765. The van der Waals surface area contributed by atoms with E-state index in [9.17, 15) is 9.59 Å². The third-order valence-electron chi connectivity index (χ3n) is 2.45. The zero-order chi connectivity index (χ0) is 13.1. The van der Waals surface area contributed by atoms with Crippen LogP contribution >= 0.6 is 11.8 Å². The molecule has 4 nitrogen and oxygen atoms in total. The van der Waals surface area contributed by atoms with E-state index in [2.05, 4.69) is 5.32 Å². The Morgan fingerprint density at radius 2 is 2.00 bits per heavy atom. The maximum atomic E-state index is 12.2. The van der Waals surface area contributed by atoms with Crippen LogP contribution in [0.4, 0.5) is 0 Å². The van der Waals surface area contributed by atoms with Crippen LogP contribution in [0.3, 0.4) is 0 Å². The van der Waals surface area contributed by atoms with Gasteiger partial charge in [-0.25, -0.2) is 0 Å². The number of ether oxygens (including phenoxy) is 1. The van der Waals surface area contributed by atoms with Crippen molar-refractivity contribution < 1.29 is 14.3 Å². The van der Waals surface area contributed by atoms with Crippen molar-refractivity contribution in [3.8, 4) is 0 Å². The molecule has 98 valence electrons. The van der Waals surface area contributed by atoms with Gasteiger partial charge < -0.3 is 10.1 Å². The fraction of sp³-hybridized carbons (Fsp3) is 0.833. The topological polar surface area (TPSA) is 55.4 Å². The fourth-order valence-corrected chi connectivity index (χ4v) is 2.92. The Kier molecular flexibility index (Phi) is 4.61. The highest BCUT2D eigenvalue weighted by atomic mass is 32.2. The van der Waals surface area contributed by atoms with Crippen molar-refractivity contribution in [3.63, 3.8) is 0 Å². The molecule has 1 fully saturated rings. The van der Waals surface area contributed by atoms with Gasteiger partial charge in [0.25, 0.3) is 0 Å². The molecule has 0 spiro atoms. The van der Waals surface area contributed by atoms with E-state index in [1.807, 2.05) is 20.8 Å². The average Bonchev–Trinajstić information content (AvgIpc) is 2.15. The molecule has 0 aromatic carbocycles. The summed E-state index contributed by atoms with van der Waals surface area (Å²) >= 11 is 1.10. The van der Waals surface area contributed by atoms with Gasteiger partial charge in [0, 0.05) is 13.5 Å². The molecule has 1 heterocycles. The third kappa shape index (κ3) is 4.32. The molecular formula is C12H21NO3S. The summed E-state index contributed by atoms with van der Waals surface area (Å²) in [6.07, 6.45) is 1.58. The second kappa shape index (κ2) is 5.40. The van der Waals surface area contributed by atoms with Crippen LogP contribution < -0.4 is 5.32 Å². The van der Waals surface area contributed by atoms with E-state index in [4.69, 9.17) is 4.74 Å². The number of hydrogen-bond acceptors (Lipinski definition) is 5. The first-order valence-corrected chi connectivity index (χ1v) is 6.71. The van der Waals surface area contributed by atoms with Crippen LogP contribution in [0.5, 0.6) is 0 Å². The largest absolute Gasteiger partial charge is 0.459 e. The number of carbonyl (C=O) groups is 2. The molecule has 5 heteroatoms. The summed E-state index contributed by atoms with van der Waals surface area (Å²) in [5.41, 5.74) is -0.515. The lowest BCUT2D eigenvalue weighted by Gasteiger charge is -2.36. The first-order chi connectivity index (χ1) is 7.75. The van der Waals surface area contributed by atoms with E-state index in [1.165, 1.54) is 6.92 Å². The standard InChI is InChI=1S/C12H21NO3S/c1-9(14)17-12(6-5-7-13-8-12)10(15)16-11(2,3)4/h13H,5-8H2,1-4H3. The number of thioether (sulfide) groups is 1. The van der Waals surface area contributed by atoms with Gasteiger partial charge in [0.05, 0.1) is 0 Å². The van der Waals surface area contributed by atoms with E-state index >= 15 is 0 Å². The molecule has 1 saturated heterocycles. The third-order valence-corrected chi connectivity index (χ3v) is 3.65. The number of hydrogen-bond donors (Lipinski definition) is 1. The molecule has 0 radical (unpaired) electrons. The van der Waals surface area contributed by atoms with Crippen molar-refractivity contribution in [1.82, 2.24) is 5.32 Å². The van der Waals surface area contributed by atoms with Crippen LogP contribution in [0.1, 0.15) is 40.5 Å². The maximum Gasteiger partial charge on any atom is 0.324 e. The van der Waals surface area contributed by atoms with E-state index < -0.39 is 10.3 Å². The van der Waals surface area contributed by atoms with Gasteiger partial charge >= 0.3 is 5.97 Å².